The van der Waals surface area contributed by atoms with Gasteiger partial charge >= 0.3 is 0 Å². The molecule has 1 aromatic carbocycles. The lowest BCUT2D eigenvalue weighted by Crippen LogP contribution is -2.34. The second-order valence-electron chi connectivity index (χ2n) is 4.36. The van der Waals surface area contributed by atoms with Gasteiger partial charge < -0.3 is 14.8 Å². The average Bonchev–Trinajstić information content (AvgIpc) is 2.47. The Hall–Kier alpha value is -1.65. The molecule has 1 aliphatic heterocycles. The third kappa shape index (κ3) is 2.05. The SMILES string of the molecule is COc1ccc2nccc(C3COCCN3)c2c1. The molecular weight excluding hydrogens is 228 g/mol. The van der Waals surface area contributed by atoms with Gasteiger partial charge in [0.05, 0.1) is 31.9 Å². The van der Waals surface area contributed by atoms with Crippen molar-refractivity contribution in [2.75, 3.05) is 26.9 Å². The predicted molar refractivity (Wildman–Crippen MR) is 69.9 cm³/mol. The molecule has 1 aliphatic rings. The Labute approximate surface area is 106 Å². The molecule has 1 unspecified atom stereocenters. The predicted octanol–water partition coefficient (Wildman–Crippen LogP) is 1.90. The van der Waals surface area contributed by atoms with Crippen LogP contribution in [0.1, 0.15) is 11.6 Å². The molecule has 0 bridgehead atoms. The Morgan fingerprint density at radius 1 is 1.39 bits per heavy atom. The number of hydrogen-bond donors (Lipinski definition) is 1. The summed E-state index contributed by atoms with van der Waals surface area (Å²) in [4.78, 5) is 4.39. The second kappa shape index (κ2) is 4.92. The second-order valence-corrected chi connectivity index (χ2v) is 4.36. The lowest BCUT2D eigenvalue weighted by atomic mass is 10.0. The Morgan fingerprint density at radius 2 is 2.33 bits per heavy atom. The van der Waals surface area contributed by atoms with Gasteiger partial charge in [0, 0.05) is 18.1 Å². The Balaban J connectivity index is 2.09. The summed E-state index contributed by atoms with van der Waals surface area (Å²) in [7, 11) is 1.68. The molecule has 18 heavy (non-hydrogen) atoms. The monoisotopic (exact) mass is 244 g/mol. The van der Waals surface area contributed by atoms with E-state index in [0.29, 0.717) is 6.61 Å². The van der Waals surface area contributed by atoms with Crippen LogP contribution in [0.15, 0.2) is 30.5 Å². The van der Waals surface area contributed by atoms with Crippen LogP contribution in [0.25, 0.3) is 10.9 Å². The fourth-order valence-corrected chi connectivity index (χ4v) is 2.34. The van der Waals surface area contributed by atoms with Crippen LogP contribution < -0.4 is 10.1 Å². The lowest BCUT2D eigenvalue weighted by Gasteiger charge is -2.25. The van der Waals surface area contributed by atoms with Gasteiger partial charge in [-0.15, -0.1) is 0 Å². The summed E-state index contributed by atoms with van der Waals surface area (Å²) < 4.78 is 10.8. The first kappa shape index (κ1) is 11.4. The maximum absolute atomic E-state index is 5.53. The first-order valence-electron chi connectivity index (χ1n) is 6.12. The van der Waals surface area contributed by atoms with Crippen LogP contribution in [0.4, 0.5) is 0 Å². The lowest BCUT2D eigenvalue weighted by molar-refractivity contribution is 0.0773. The molecule has 0 spiro atoms. The number of benzene rings is 1. The zero-order valence-corrected chi connectivity index (χ0v) is 10.3. The van der Waals surface area contributed by atoms with Crippen molar-refractivity contribution in [1.29, 1.82) is 0 Å². The quantitative estimate of drug-likeness (QED) is 0.876. The molecule has 0 aliphatic carbocycles. The van der Waals surface area contributed by atoms with Gasteiger partial charge in [-0.1, -0.05) is 0 Å². The molecule has 1 fully saturated rings. The molecule has 4 nitrogen and oxygen atoms in total. The zero-order chi connectivity index (χ0) is 12.4. The number of rotatable bonds is 2. The van der Waals surface area contributed by atoms with Crippen LogP contribution in [0.3, 0.4) is 0 Å². The molecule has 1 saturated heterocycles. The highest BCUT2D eigenvalue weighted by molar-refractivity contribution is 5.84. The van der Waals surface area contributed by atoms with Gasteiger partial charge in [-0.05, 0) is 29.8 Å². The summed E-state index contributed by atoms with van der Waals surface area (Å²) in [6, 6.07) is 8.24. The minimum absolute atomic E-state index is 0.233. The standard InChI is InChI=1S/C14H16N2O2/c1-17-10-2-3-13-12(8-10)11(4-5-15-13)14-9-18-7-6-16-14/h2-5,8,14,16H,6-7,9H2,1H3. The van der Waals surface area contributed by atoms with E-state index >= 15 is 0 Å². The van der Waals surface area contributed by atoms with Crippen LogP contribution >= 0.6 is 0 Å². The van der Waals surface area contributed by atoms with E-state index in [2.05, 4.69) is 10.3 Å². The number of aromatic nitrogens is 1. The number of methoxy groups -OCH3 is 1. The molecule has 2 heterocycles. The first-order valence-corrected chi connectivity index (χ1v) is 6.12. The molecule has 1 aromatic heterocycles. The number of morpholine rings is 1. The molecule has 4 heteroatoms. The van der Waals surface area contributed by atoms with Crippen molar-refractivity contribution in [3.8, 4) is 5.75 Å². The molecule has 0 amide bonds. The minimum Gasteiger partial charge on any atom is -0.497 e. The summed E-state index contributed by atoms with van der Waals surface area (Å²) in [5.41, 5.74) is 2.21. The number of nitrogens with one attached hydrogen (secondary N) is 1. The van der Waals surface area contributed by atoms with Gasteiger partial charge in [-0.25, -0.2) is 0 Å². The maximum Gasteiger partial charge on any atom is 0.119 e. The van der Waals surface area contributed by atoms with Crippen molar-refractivity contribution in [3.05, 3.63) is 36.0 Å². The number of ether oxygens (including phenoxy) is 2. The molecule has 94 valence electrons. The molecule has 1 atom stereocenters. The van der Waals surface area contributed by atoms with Gasteiger partial charge in [0.2, 0.25) is 0 Å². The number of fused-ring (bicyclic) bond motifs is 1. The van der Waals surface area contributed by atoms with E-state index in [9.17, 15) is 0 Å². The van der Waals surface area contributed by atoms with Crippen LogP contribution in [0.2, 0.25) is 0 Å². The number of hydrogen-bond acceptors (Lipinski definition) is 4. The van der Waals surface area contributed by atoms with Crippen LogP contribution in [-0.4, -0.2) is 31.9 Å². The molecule has 3 rings (SSSR count). The zero-order valence-electron chi connectivity index (χ0n) is 10.3. The topological polar surface area (TPSA) is 43.4 Å². The van der Waals surface area contributed by atoms with Gasteiger partial charge in [-0.2, -0.15) is 0 Å². The Morgan fingerprint density at radius 3 is 3.11 bits per heavy atom. The van der Waals surface area contributed by atoms with Crippen molar-refractivity contribution in [2.45, 2.75) is 6.04 Å². The Kier molecular flexibility index (Phi) is 3.13. The van der Waals surface area contributed by atoms with Crippen LogP contribution in [-0.2, 0) is 4.74 Å². The number of nitrogens with zero attached hydrogens (tertiary/aromatic N) is 1. The van der Waals surface area contributed by atoms with Gasteiger partial charge in [0.1, 0.15) is 5.75 Å². The molecule has 0 saturated carbocycles. The van der Waals surface area contributed by atoms with Crippen LogP contribution in [0.5, 0.6) is 5.75 Å². The van der Waals surface area contributed by atoms with E-state index in [4.69, 9.17) is 9.47 Å². The summed E-state index contributed by atoms with van der Waals surface area (Å²) >= 11 is 0. The van der Waals surface area contributed by atoms with E-state index in [0.717, 1.165) is 29.8 Å². The third-order valence-electron chi connectivity index (χ3n) is 3.28. The van der Waals surface area contributed by atoms with E-state index in [1.165, 1.54) is 5.56 Å². The average molecular weight is 244 g/mol. The highest BCUT2D eigenvalue weighted by Crippen LogP contribution is 2.27. The summed E-state index contributed by atoms with van der Waals surface area (Å²) in [6.07, 6.45) is 1.85. The highest BCUT2D eigenvalue weighted by Gasteiger charge is 2.17. The van der Waals surface area contributed by atoms with E-state index in [-0.39, 0.29) is 6.04 Å². The maximum atomic E-state index is 5.53. The molecular formula is C14H16N2O2. The van der Waals surface area contributed by atoms with Crippen LogP contribution in [0, 0.1) is 0 Å². The normalized spacial score (nSPS) is 19.9. The van der Waals surface area contributed by atoms with Gasteiger partial charge in [0.25, 0.3) is 0 Å². The van der Waals surface area contributed by atoms with Gasteiger partial charge in [-0.3, -0.25) is 4.98 Å². The highest BCUT2D eigenvalue weighted by atomic mass is 16.5. The first-order chi connectivity index (χ1) is 8.88. The Bertz CT molecular complexity index is 550. The van der Waals surface area contributed by atoms with E-state index in [1.807, 2.05) is 30.5 Å². The number of pyridine rings is 1. The summed E-state index contributed by atoms with van der Waals surface area (Å²) in [5, 5.41) is 4.60. The minimum atomic E-state index is 0.233. The van der Waals surface area contributed by atoms with Crippen molar-refractivity contribution >= 4 is 10.9 Å². The van der Waals surface area contributed by atoms with Gasteiger partial charge in [0.15, 0.2) is 0 Å². The molecule has 1 N–H and O–H groups in total. The largest absolute Gasteiger partial charge is 0.497 e. The smallest absolute Gasteiger partial charge is 0.119 e. The van der Waals surface area contributed by atoms with Crippen molar-refractivity contribution in [2.24, 2.45) is 0 Å². The summed E-state index contributed by atoms with van der Waals surface area (Å²) in [6.45, 7) is 2.37. The van der Waals surface area contributed by atoms with E-state index < -0.39 is 0 Å². The van der Waals surface area contributed by atoms with Crippen molar-refractivity contribution < 1.29 is 9.47 Å². The van der Waals surface area contributed by atoms with E-state index in [1.54, 1.807) is 7.11 Å². The summed E-state index contributed by atoms with van der Waals surface area (Å²) in [5.74, 6) is 0.855. The fraction of sp³-hybridized carbons (Fsp3) is 0.357. The van der Waals surface area contributed by atoms with Crippen molar-refractivity contribution in [3.63, 3.8) is 0 Å². The fourth-order valence-electron chi connectivity index (χ4n) is 2.34. The molecule has 0 radical (unpaired) electrons. The third-order valence-corrected chi connectivity index (χ3v) is 3.28. The molecule has 2 aromatic rings. The van der Waals surface area contributed by atoms with Crippen molar-refractivity contribution in [1.82, 2.24) is 10.3 Å².